The van der Waals surface area contributed by atoms with Crippen molar-refractivity contribution < 1.29 is 22.3 Å². The van der Waals surface area contributed by atoms with Gasteiger partial charge >= 0.3 is 0 Å². The Kier molecular flexibility index (Phi) is 5.24. The fourth-order valence-corrected chi connectivity index (χ4v) is 4.42. The number of carbonyl (C=O) groups is 1. The van der Waals surface area contributed by atoms with E-state index in [0.29, 0.717) is 18.7 Å². The fraction of sp³-hybridized carbons (Fsp3) is 0.278. The minimum Gasteiger partial charge on any atom is -0.383 e. The summed E-state index contributed by atoms with van der Waals surface area (Å²) in [6.45, 7) is 0.787. The van der Waals surface area contributed by atoms with Crippen LogP contribution in [-0.4, -0.2) is 41.1 Å². The van der Waals surface area contributed by atoms with Gasteiger partial charge in [-0.1, -0.05) is 18.2 Å². The molecule has 0 fully saturated rings. The lowest BCUT2D eigenvalue weighted by molar-refractivity contribution is 0.0933. The van der Waals surface area contributed by atoms with Gasteiger partial charge in [-0.2, -0.15) is 0 Å². The molecule has 26 heavy (non-hydrogen) atoms. The van der Waals surface area contributed by atoms with Crippen molar-refractivity contribution in [3.8, 4) is 0 Å². The molecule has 1 aliphatic rings. The van der Waals surface area contributed by atoms with Crippen LogP contribution >= 0.6 is 0 Å². The van der Waals surface area contributed by atoms with Crippen LogP contribution in [-0.2, 0) is 21.2 Å². The van der Waals surface area contributed by atoms with E-state index in [0.717, 1.165) is 17.7 Å². The number of sulfonamides is 1. The Bertz CT molecular complexity index is 931. The summed E-state index contributed by atoms with van der Waals surface area (Å²) in [6.07, 6.45) is 0.612. The highest BCUT2D eigenvalue weighted by molar-refractivity contribution is 7.92. The number of hydrogen-bond acceptors (Lipinski definition) is 4. The molecule has 138 valence electrons. The van der Waals surface area contributed by atoms with E-state index in [-0.39, 0.29) is 23.6 Å². The summed E-state index contributed by atoms with van der Waals surface area (Å²) in [5.41, 5.74) is 1.24. The Hall–Kier alpha value is -2.45. The van der Waals surface area contributed by atoms with E-state index in [1.54, 1.807) is 12.1 Å². The van der Waals surface area contributed by atoms with Gasteiger partial charge in [0.15, 0.2) is 0 Å². The van der Waals surface area contributed by atoms with E-state index in [2.05, 4.69) is 5.32 Å². The zero-order chi connectivity index (χ0) is 18.7. The summed E-state index contributed by atoms with van der Waals surface area (Å²) in [4.78, 5) is 12.0. The van der Waals surface area contributed by atoms with Crippen LogP contribution in [0.15, 0.2) is 47.4 Å². The molecule has 1 aliphatic heterocycles. The maximum absolute atomic E-state index is 14.0. The highest BCUT2D eigenvalue weighted by atomic mass is 32.2. The van der Waals surface area contributed by atoms with Gasteiger partial charge in [-0.05, 0) is 36.2 Å². The molecule has 0 aromatic heterocycles. The first-order valence-electron chi connectivity index (χ1n) is 8.12. The molecule has 0 spiro atoms. The van der Waals surface area contributed by atoms with Gasteiger partial charge in [-0.3, -0.25) is 9.10 Å². The van der Waals surface area contributed by atoms with Gasteiger partial charge in [0, 0.05) is 20.2 Å². The molecule has 1 amide bonds. The fourth-order valence-electron chi connectivity index (χ4n) is 2.89. The molecule has 0 aliphatic carbocycles. The molecule has 8 heteroatoms. The van der Waals surface area contributed by atoms with E-state index in [1.807, 2.05) is 12.1 Å². The second-order valence-electron chi connectivity index (χ2n) is 5.85. The van der Waals surface area contributed by atoms with Crippen molar-refractivity contribution in [1.82, 2.24) is 5.32 Å². The predicted molar refractivity (Wildman–Crippen MR) is 95.3 cm³/mol. The lowest BCUT2D eigenvalue weighted by atomic mass is 10.2. The van der Waals surface area contributed by atoms with Crippen molar-refractivity contribution in [2.24, 2.45) is 0 Å². The smallest absolute Gasteiger partial charge is 0.264 e. The van der Waals surface area contributed by atoms with Crippen LogP contribution in [0.5, 0.6) is 0 Å². The number of nitrogens with one attached hydrogen (secondary N) is 1. The number of halogens is 1. The zero-order valence-corrected chi connectivity index (χ0v) is 15.1. The number of para-hydroxylation sites is 1. The number of anilines is 1. The van der Waals surface area contributed by atoms with E-state index in [1.165, 1.54) is 17.5 Å². The number of amides is 1. The third kappa shape index (κ3) is 3.42. The zero-order valence-electron chi connectivity index (χ0n) is 14.2. The molecule has 0 radical (unpaired) electrons. The molecule has 0 saturated carbocycles. The third-order valence-corrected chi connectivity index (χ3v) is 6.02. The Morgan fingerprint density at radius 2 is 2.04 bits per heavy atom. The summed E-state index contributed by atoms with van der Waals surface area (Å²) in [6, 6.07) is 10.5. The molecule has 0 atom stereocenters. The van der Waals surface area contributed by atoms with Gasteiger partial charge < -0.3 is 10.1 Å². The highest BCUT2D eigenvalue weighted by Crippen LogP contribution is 2.33. The number of ether oxygens (including phenoxy) is 1. The molecule has 1 N–H and O–H groups in total. The molecule has 0 bridgehead atoms. The number of nitrogens with zero attached hydrogens (tertiary/aromatic N) is 1. The van der Waals surface area contributed by atoms with Gasteiger partial charge in [-0.25, -0.2) is 12.8 Å². The Morgan fingerprint density at radius 1 is 1.27 bits per heavy atom. The van der Waals surface area contributed by atoms with Crippen molar-refractivity contribution in [1.29, 1.82) is 0 Å². The molecule has 6 nitrogen and oxygen atoms in total. The van der Waals surface area contributed by atoms with E-state index in [4.69, 9.17) is 4.74 Å². The van der Waals surface area contributed by atoms with Crippen molar-refractivity contribution in [2.75, 3.05) is 31.1 Å². The molecule has 3 rings (SSSR count). The van der Waals surface area contributed by atoms with Crippen molar-refractivity contribution in [3.05, 3.63) is 59.4 Å². The lowest BCUT2D eigenvalue weighted by Crippen LogP contribution is -2.30. The van der Waals surface area contributed by atoms with Gasteiger partial charge in [0.05, 0.1) is 22.8 Å². The quantitative estimate of drug-likeness (QED) is 0.780. The summed E-state index contributed by atoms with van der Waals surface area (Å²) >= 11 is 0. The standard InChI is InChI=1S/C18H19FN2O4S/c1-25-11-9-20-18(22)15-12-14(6-7-16(15)19)26(23,24)21-10-8-13-4-2-3-5-17(13)21/h2-7,12H,8-11H2,1H3,(H,20,22). The van der Waals surface area contributed by atoms with E-state index >= 15 is 0 Å². The van der Waals surface area contributed by atoms with Crippen LogP contribution in [0.4, 0.5) is 10.1 Å². The maximum Gasteiger partial charge on any atom is 0.264 e. The minimum absolute atomic E-state index is 0.118. The van der Waals surface area contributed by atoms with Crippen LogP contribution in [0.2, 0.25) is 0 Å². The maximum atomic E-state index is 14.0. The Labute approximate surface area is 151 Å². The number of carbonyl (C=O) groups excluding carboxylic acids is 1. The number of benzene rings is 2. The Morgan fingerprint density at radius 3 is 2.81 bits per heavy atom. The van der Waals surface area contributed by atoms with Crippen LogP contribution in [0, 0.1) is 5.82 Å². The molecule has 0 unspecified atom stereocenters. The van der Waals surface area contributed by atoms with Crippen LogP contribution in [0.25, 0.3) is 0 Å². The normalized spacial score (nSPS) is 13.5. The van der Waals surface area contributed by atoms with E-state index in [9.17, 15) is 17.6 Å². The van der Waals surface area contributed by atoms with Crippen LogP contribution in [0.1, 0.15) is 15.9 Å². The first-order valence-corrected chi connectivity index (χ1v) is 9.56. The van der Waals surface area contributed by atoms with Gasteiger partial charge in [0.1, 0.15) is 5.82 Å². The van der Waals surface area contributed by atoms with Crippen molar-refractivity contribution >= 4 is 21.6 Å². The minimum atomic E-state index is -3.89. The predicted octanol–water partition coefficient (Wildman–Crippen LogP) is 1.95. The number of hydrogen-bond donors (Lipinski definition) is 1. The first kappa shape index (κ1) is 18.3. The largest absolute Gasteiger partial charge is 0.383 e. The molecule has 0 saturated heterocycles. The second-order valence-corrected chi connectivity index (χ2v) is 7.71. The summed E-state index contributed by atoms with van der Waals surface area (Å²) in [5.74, 6) is -1.46. The van der Waals surface area contributed by atoms with Crippen LogP contribution in [0.3, 0.4) is 0 Å². The summed E-state index contributed by atoms with van der Waals surface area (Å²) < 4.78 is 46.1. The molecule has 1 heterocycles. The Balaban J connectivity index is 1.92. The monoisotopic (exact) mass is 378 g/mol. The summed E-state index contributed by atoms with van der Waals surface area (Å²) in [5, 5.41) is 2.49. The average Bonchev–Trinajstić information content (AvgIpc) is 3.07. The van der Waals surface area contributed by atoms with Gasteiger partial charge in [0.2, 0.25) is 0 Å². The average molecular weight is 378 g/mol. The molecule has 2 aromatic rings. The summed E-state index contributed by atoms with van der Waals surface area (Å²) in [7, 11) is -2.41. The van der Waals surface area contributed by atoms with E-state index < -0.39 is 21.7 Å². The first-order chi connectivity index (χ1) is 12.4. The number of rotatable bonds is 6. The van der Waals surface area contributed by atoms with Gasteiger partial charge in [0.25, 0.3) is 15.9 Å². The molecular weight excluding hydrogens is 359 g/mol. The number of fused-ring (bicyclic) bond motifs is 1. The lowest BCUT2D eigenvalue weighted by Gasteiger charge is -2.20. The number of methoxy groups -OCH3 is 1. The third-order valence-electron chi connectivity index (χ3n) is 4.21. The highest BCUT2D eigenvalue weighted by Gasteiger charge is 2.31. The second kappa shape index (κ2) is 7.43. The topological polar surface area (TPSA) is 75.7 Å². The van der Waals surface area contributed by atoms with Crippen molar-refractivity contribution in [3.63, 3.8) is 0 Å². The molecular formula is C18H19FN2O4S. The SMILES string of the molecule is COCCNC(=O)c1cc(S(=O)(=O)N2CCc3ccccc32)ccc1F. The van der Waals surface area contributed by atoms with Gasteiger partial charge in [-0.15, -0.1) is 0 Å². The van der Waals surface area contributed by atoms with Crippen molar-refractivity contribution in [2.45, 2.75) is 11.3 Å². The van der Waals surface area contributed by atoms with Crippen LogP contribution < -0.4 is 9.62 Å². The molecule has 2 aromatic carbocycles.